The number of pyridine rings is 2. The van der Waals surface area contributed by atoms with Crippen LogP contribution >= 0.6 is 12.4 Å². The third-order valence-electron chi connectivity index (χ3n) is 4.90. The quantitative estimate of drug-likeness (QED) is 0.330. The molecule has 1 aromatic carbocycles. The van der Waals surface area contributed by atoms with Crippen molar-refractivity contribution in [1.82, 2.24) is 24.1 Å². The molecule has 3 heterocycles. The maximum Gasteiger partial charge on any atom is 0.322 e. The van der Waals surface area contributed by atoms with E-state index >= 15 is 0 Å². The number of hydrogen-bond donors (Lipinski definition) is 2. The van der Waals surface area contributed by atoms with Gasteiger partial charge in [0.05, 0.1) is 17.9 Å². The molecule has 0 aliphatic rings. The van der Waals surface area contributed by atoms with Crippen molar-refractivity contribution in [2.45, 2.75) is 18.0 Å². The summed E-state index contributed by atoms with van der Waals surface area (Å²) in [6, 6.07) is 17.3. The normalized spacial score (nSPS) is 11.1. The molecule has 0 atom stereocenters. The van der Waals surface area contributed by atoms with Crippen molar-refractivity contribution < 1.29 is 18.3 Å². The second kappa shape index (κ2) is 11.6. The first-order valence-electron chi connectivity index (χ1n) is 10.3. The maximum absolute atomic E-state index is 13.4. The molecule has 0 bridgehead atoms. The van der Waals surface area contributed by atoms with Crippen LogP contribution in [0.25, 0.3) is 5.69 Å². The smallest absolute Gasteiger partial charge is 0.322 e. The van der Waals surface area contributed by atoms with Crippen molar-refractivity contribution >= 4 is 34.2 Å². The fourth-order valence-corrected chi connectivity index (χ4v) is 4.63. The lowest BCUT2D eigenvalue weighted by atomic mass is 10.2. The molecule has 0 saturated heterocycles. The van der Waals surface area contributed by atoms with E-state index in [0.717, 1.165) is 11.3 Å². The van der Waals surface area contributed by atoms with Gasteiger partial charge in [-0.05, 0) is 48.0 Å². The van der Waals surface area contributed by atoms with Crippen LogP contribution in [-0.4, -0.2) is 50.1 Å². The Balaban J connectivity index is 0.00000342. The third kappa shape index (κ3) is 6.63. The lowest BCUT2D eigenvalue weighted by Gasteiger charge is -2.22. The van der Waals surface area contributed by atoms with Crippen molar-refractivity contribution in [3.05, 3.63) is 96.7 Å². The molecule has 10 nitrogen and oxygen atoms in total. The Morgan fingerprint density at radius 3 is 2.46 bits per heavy atom. The minimum atomic E-state index is -3.89. The second-order valence-corrected chi connectivity index (χ2v) is 9.28. The van der Waals surface area contributed by atoms with Crippen LogP contribution in [0.5, 0.6) is 0 Å². The Labute approximate surface area is 208 Å². The standard InChI is InChI=1S/C23H22N6O4S.ClH/c30-23(31)15-25-22-6-1-4-19(27-22)17-28(34(32,33)21-5-2-11-24-14-21)16-18-7-9-20(10-8-18)29-13-3-12-26-29;/h1-14H,15-17H2,(H,25,27)(H,30,31);1H. The van der Waals surface area contributed by atoms with Crippen LogP contribution in [0.4, 0.5) is 5.82 Å². The molecule has 0 amide bonds. The van der Waals surface area contributed by atoms with E-state index in [1.54, 1.807) is 35.1 Å². The van der Waals surface area contributed by atoms with E-state index in [0.29, 0.717) is 11.5 Å². The number of anilines is 1. The van der Waals surface area contributed by atoms with Gasteiger partial charge in [0.1, 0.15) is 17.3 Å². The number of aromatic nitrogens is 4. The number of aliphatic carboxylic acids is 1. The van der Waals surface area contributed by atoms with Gasteiger partial charge in [-0.15, -0.1) is 12.4 Å². The van der Waals surface area contributed by atoms with Crippen molar-refractivity contribution in [3.8, 4) is 5.69 Å². The Kier molecular flexibility index (Phi) is 8.53. The van der Waals surface area contributed by atoms with Gasteiger partial charge in [-0.2, -0.15) is 9.40 Å². The number of hydrogen-bond acceptors (Lipinski definition) is 7. The van der Waals surface area contributed by atoms with Crippen LogP contribution < -0.4 is 5.32 Å². The summed E-state index contributed by atoms with van der Waals surface area (Å²) in [5.74, 6) is -0.672. The number of carboxylic acid groups (broad SMARTS) is 1. The van der Waals surface area contributed by atoms with Gasteiger partial charge < -0.3 is 10.4 Å². The Morgan fingerprint density at radius 2 is 1.80 bits per heavy atom. The molecular weight excluding hydrogens is 492 g/mol. The molecule has 0 saturated carbocycles. The predicted octanol–water partition coefficient (Wildman–Crippen LogP) is 2.97. The van der Waals surface area contributed by atoms with Gasteiger partial charge >= 0.3 is 5.97 Å². The summed E-state index contributed by atoms with van der Waals surface area (Å²) < 4.78 is 29.9. The number of halogens is 1. The Hall–Kier alpha value is -3.80. The van der Waals surface area contributed by atoms with E-state index in [4.69, 9.17) is 5.11 Å². The lowest BCUT2D eigenvalue weighted by molar-refractivity contribution is -0.134. The zero-order valence-corrected chi connectivity index (χ0v) is 20.1. The van der Waals surface area contributed by atoms with Crippen molar-refractivity contribution in [3.63, 3.8) is 0 Å². The first-order chi connectivity index (χ1) is 16.4. The average Bonchev–Trinajstić information content (AvgIpc) is 3.39. The zero-order chi connectivity index (χ0) is 24.0. The van der Waals surface area contributed by atoms with Gasteiger partial charge in [-0.1, -0.05) is 18.2 Å². The molecule has 4 aromatic rings. The molecule has 0 aliphatic heterocycles. The summed E-state index contributed by atoms with van der Waals surface area (Å²) in [5.41, 5.74) is 2.11. The van der Waals surface area contributed by atoms with E-state index in [1.165, 1.54) is 22.8 Å². The van der Waals surface area contributed by atoms with Gasteiger partial charge in [0.2, 0.25) is 10.0 Å². The highest BCUT2D eigenvalue weighted by atomic mass is 35.5. The summed E-state index contributed by atoms with van der Waals surface area (Å²) in [6.07, 6.45) is 6.33. The van der Waals surface area contributed by atoms with Crippen LogP contribution in [0, 0.1) is 0 Å². The van der Waals surface area contributed by atoms with Crippen LogP contribution in [0.15, 0.2) is 90.3 Å². The number of sulfonamides is 1. The molecule has 0 aliphatic carbocycles. The van der Waals surface area contributed by atoms with E-state index in [-0.39, 0.29) is 36.9 Å². The first-order valence-corrected chi connectivity index (χ1v) is 11.8. The van der Waals surface area contributed by atoms with Crippen molar-refractivity contribution in [1.29, 1.82) is 0 Å². The zero-order valence-electron chi connectivity index (χ0n) is 18.4. The third-order valence-corrected chi connectivity index (χ3v) is 6.68. The molecule has 3 aromatic heterocycles. The molecule has 0 unspecified atom stereocenters. The maximum atomic E-state index is 13.4. The Morgan fingerprint density at radius 1 is 1.00 bits per heavy atom. The van der Waals surface area contributed by atoms with Gasteiger partial charge in [0.15, 0.2) is 0 Å². The number of carbonyl (C=O) groups is 1. The molecular formula is C23H23ClN6O4S. The molecule has 182 valence electrons. The highest BCUT2D eigenvalue weighted by molar-refractivity contribution is 7.89. The lowest BCUT2D eigenvalue weighted by Crippen LogP contribution is -2.30. The number of carboxylic acids is 1. The van der Waals surface area contributed by atoms with Crippen LogP contribution in [0.3, 0.4) is 0 Å². The summed E-state index contributed by atoms with van der Waals surface area (Å²) in [6.45, 7) is -0.206. The molecule has 0 radical (unpaired) electrons. The van der Waals surface area contributed by atoms with E-state index in [2.05, 4.69) is 20.4 Å². The van der Waals surface area contributed by atoms with Gasteiger partial charge in [0.25, 0.3) is 0 Å². The number of nitrogens with one attached hydrogen (secondary N) is 1. The highest BCUT2D eigenvalue weighted by Gasteiger charge is 2.26. The molecule has 4 rings (SSSR count). The van der Waals surface area contributed by atoms with Crippen LogP contribution in [0.1, 0.15) is 11.3 Å². The molecule has 2 N–H and O–H groups in total. The Bertz CT molecular complexity index is 1350. The van der Waals surface area contributed by atoms with Crippen molar-refractivity contribution in [2.24, 2.45) is 0 Å². The topological polar surface area (TPSA) is 130 Å². The summed E-state index contributed by atoms with van der Waals surface area (Å²) in [4.78, 5) is 19.2. The monoisotopic (exact) mass is 514 g/mol. The van der Waals surface area contributed by atoms with Gasteiger partial charge in [-0.3, -0.25) is 9.78 Å². The number of nitrogens with zero attached hydrogens (tertiary/aromatic N) is 5. The summed E-state index contributed by atoms with van der Waals surface area (Å²) in [5, 5.41) is 15.8. The second-order valence-electron chi connectivity index (χ2n) is 7.34. The molecule has 35 heavy (non-hydrogen) atoms. The van der Waals surface area contributed by atoms with Crippen LogP contribution in [-0.2, 0) is 27.9 Å². The van der Waals surface area contributed by atoms with Gasteiger partial charge in [0, 0.05) is 31.3 Å². The highest BCUT2D eigenvalue weighted by Crippen LogP contribution is 2.21. The van der Waals surface area contributed by atoms with Crippen LogP contribution in [0.2, 0.25) is 0 Å². The average molecular weight is 515 g/mol. The first kappa shape index (κ1) is 25.8. The van der Waals surface area contributed by atoms with Gasteiger partial charge in [-0.25, -0.2) is 18.1 Å². The SMILES string of the molecule is Cl.O=C(O)CNc1cccc(CN(Cc2ccc(-n3cccn3)cc2)S(=O)(=O)c2cccnc2)n1. The van der Waals surface area contributed by atoms with E-state index < -0.39 is 16.0 Å². The fourth-order valence-electron chi connectivity index (χ4n) is 3.27. The predicted molar refractivity (Wildman–Crippen MR) is 132 cm³/mol. The largest absolute Gasteiger partial charge is 0.480 e. The molecule has 0 fully saturated rings. The summed E-state index contributed by atoms with van der Waals surface area (Å²) >= 11 is 0. The molecule has 0 spiro atoms. The number of rotatable bonds is 10. The minimum absolute atomic E-state index is 0. The van der Waals surface area contributed by atoms with E-state index in [1.807, 2.05) is 36.5 Å². The summed E-state index contributed by atoms with van der Waals surface area (Å²) in [7, 11) is -3.89. The van der Waals surface area contributed by atoms with Crippen molar-refractivity contribution in [2.75, 3.05) is 11.9 Å². The number of benzene rings is 1. The fraction of sp³-hybridized carbons (Fsp3) is 0.130. The molecule has 12 heteroatoms. The minimum Gasteiger partial charge on any atom is -0.480 e. The van der Waals surface area contributed by atoms with E-state index in [9.17, 15) is 13.2 Å².